The normalized spacial score (nSPS) is 14.3. The number of phenols is 1. The van der Waals surface area contributed by atoms with Crippen LogP contribution >= 0.6 is 0 Å². The lowest BCUT2D eigenvalue weighted by molar-refractivity contribution is -0.142. The largest absolute Gasteiger partial charge is 0.508 e. The molecule has 294 valence electrons. The highest BCUT2D eigenvalue weighted by atomic mass is 16.6. The number of amides is 3. The first-order valence-corrected chi connectivity index (χ1v) is 18.4. The Morgan fingerprint density at radius 3 is 1.85 bits per heavy atom. The Hall–Kier alpha value is -5.10. The van der Waals surface area contributed by atoms with Gasteiger partial charge in [-0.1, -0.05) is 82.3 Å². The predicted molar refractivity (Wildman–Crippen MR) is 206 cm³/mol. The monoisotopic (exact) mass is 747 g/mol. The van der Waals surface area contributed by atoms with E-state index < -0.39 is 65.5 Å². The van der Waals surface area contributed by atoms with Crippen LogP contribution in [0.2, 0.25) is 0 Å². The van der Waals surface area contributed by atoms with Crippen LogP contribution in [-0.2, 0) is 38.4 Å². The molecule has 0 radical (unpaired) electrons. The molecule has 3 rings (SSSR count). The zero-order valence-corrected chi connectivity index (χ0v) is 32.4. The maximum Gasteiger partial charge on any atom is 0.407 e. The topological polar surface area (TPSA) is 184 Å². The quantitative estimate of drug-likeness (QED) is 0.0932. The van der Waals surface area contributed by atoms with E-state index in [4.69, 9.17) is 9.47 Å². The number of benzene rings is 3. The number of nitrogens with one attached hydrogen (secondary N) is 3. The fourth-order valence-electron chi connectivity index (χ4n) is 5.75. The fraction of sp³-hybridized carbons (Fsp3) is 0.476. The smallest absolute Gasteiger partial charge is 0.407 e. The van der Waals surface area contributed by atoms with Crippen molar-refractivity contribution in [2.75, 3.05) is 6.61 Å². The van der Waals surface area contributed by atoms with Crippen molar-refractivity contribution in [3.8, 4) is 11.5 Å². The number of carboxylic acids is 1. The van der Waals surface area contributed by atoms with Crippen LogP contribution in [0.1, 0.15) is 71.6 Å². The maximum absolute atomic E-state index is 14.1. The van der Waals surface area contributed by atoms with E-state index in [1.54, 1.807) is 71.0 Å². The molecule has 0 heterocycles. The number of rotatable bonds is 19. The van der Waals surface area contributed by atoms with Gasteiger partial charge >= 0.3 is 12.1 Å². The van der Waals surface area contributed by atoms with Gasteiger partial charge in [0.1, 0.15) is 29.2 Å². The summed E-state index contributed by atoms with van der Waals surface area (Å²) in [6.45, 7) is 13.3. The van der Waals surface area contributed by atoms with Gasteiger partial charge in [0, 0.05) is 12.3 Å². The molecular weight excluding hydrogens is 690 g/mol. The Kier molecular flexibility index (Phi) is 16.3. The van der Waals surface area contributed by atoms with E-state index in [-0.39, 0.29) is 31.4 Å². The number of ether oxygens (including phenoxy) is 2. The highest BCUT2D eigenvalue weighted by Gasteiger charge is 2.34. The average molecular weight is 748 g/mol. The van der Waals surface area contributed by atoms with Crippen LogP contribution < -0.4 is 20.7 Å². The SMILES string of the molecule is CC(C)COc1ccc(C[C@H](NC(=O)C(NC(=O)C(Cc2ccc(O)cc2)CC(O)C(Cc2ccccc2)NC(=O)OC(C)(C)C)C(C)C)C(=O)O)cc1. The van der Waals surface area contributed by atoms with Crippen molar-refractivity contribution < 1.29 is 44.0 Å². The third kappa shape index (κ3) is 15.1. The van der Waals surface area contributed by atoms with Crippen LogP contribution in [0.15, 0.2) is 78.9 Å². The van der Waals surface area contributed by atoms with Gasteiger partial charge < -0.3 is 40.7 Å². The second-order valence-electron chi connectivity index (χ2n) is 15.5. The minimum atomic E-state index is -1.27. The molecule has 0 aliphatic heterocycles. The Balaban J connectivity index is 1.82. The lowest BCUT2D eigenvalue weighted by Gasteiger charge is -2.30. The standard InChI is InChI=1S/C42H57N3O9/c1-26(2)25-53-33-19-15-30(16-20-33)23-35(40(50)51)43-39(49)37(27(3)4)45-38(48)31(21-29-13-17-32(46)18-14-29)24-36(47)34(22-28-11-9-8-10-12-28)44-41(52)54-42(5,6)7/h8-20,26-27,31,34-37,46-47H,21-25H2,1-7H3,(H,43,49)(H,44,52)(H,45,48)(H,50,51)/t31?,34?,35-,36?,37?/m0/s1. The number of aliphatic carboxylic acids is 1. The first-order valence-electron chi connectivity index (χ1n) is 18.4. The molecule has 3 aromatic rings. The highest BCUT2D eigenvalue weighted by molar-refractivity contribution is 5.91. The number of hydrogen-bond acceptors (Lipinski definition) is 8. The fourth-order valence-corrected chi connectivity index (χ4v) is 5.75. The van der Waals surface area contributed by atoms with Crippen LogP contribution in [0.25, 0.3) is 0 Å². The molecule has 12 nitrogen and oxygen atoms in total. The lowest BCUT2D eigenvalue weighted by atomic mass is 9.88. The second-order valence-corrected chi connectivity index (χ2v) is 15.5. The highest BCUT2D eigenvalue weighted by Crippen LogP contribution is 2.22. The zero-order chi connectivity index (χ0) is 40.0. The van der Waals surface area contributed by atoms with Gasteiger partial charge in [0.05, 0.1) is 18.8 Å². The summed E-state index contributed by atoms with van der Waals surface area (Å²) in [5.74, 6) is -2.72. The van der Waals surface area contributed by atoms with E-state index in [1.807, 2.05) is 44.2 Å². The molecule has 12 heteroatoms. The number of phenolic OH excluding ortho intramolecular Hbond substituents is 1. The predicted octanol–water partition coefficient (Wildman–Crippen LogP) is 5.43. The second kappa shape index (κ2) is 20.4. The third-order valence-electron chi connectivity index (χ3n) is 8.59. The van der Waals surface area contributed by atoms with Crippen molar-refractivity contribution in [1.82, 2.24) is 16.0 Å². The number of carbonyl (C=O) groups excluding carboxylic acids is 3. The van der Waals surface area contributed by atoms with Gasteiger partial charge in [-0.25, -0.2) is 9.59 Å². The molecule has 0 saturated carbocycles. The Morgan fingerprint density at radius 1 is 0.722 bits per heavy atom. The molecule has 3 amide bonds. The van der Waals surface area contributed by atoms with E-state index in [0.29, 0.717) is 29.4 Å². The van der Waals surface area contributed by atoms with Gasteiger partial charge in [-0.15, -0.1) is 0 Å². The molecule has 4 unspecified atom stereocenters. The number of aliphatic hydroxyl groups is 1. The number of alkyl carbamates (subject to hydrolysis) is 1. The van der Waals surface area contributed by atoms with Crippen molar-refractivity contribution in [3.05, 3.63) is 95.6 Å². The van der Waals surface area contributed by atoms with Crippen molar-refractivity contribution in [2.24, 2.45) is 17.8 Å². The molecule has 0 aliphatic carbocycles. The Morgan fingerprint density at radius 2 is 1.30 bits per heavy atom. The third-order valence-corrected chi connectivity index (χ3v) is 8.59. The van der Waals surface area contributed by atoms with Crippen LogP contribution in [0.3, 0.4) is 0 Å². The maximum atomic E-state index is 14.1. The van der Waals surface area contributed by atoms with Crippen molar-refractivity contribution in [2.45, 2.75) is 104 Å². The number of carbonyl (C=O) groups is 4. The Labute approximate surface area is 318 Å². The average Bonchev–Trinajstić information content (AvgIpc) is 3.09. The molecule has 0 aliphatic rings. The van der Waals surface area contributed by atoms with E-state index in [0.717, 1.165) is 5.56 Å². The van der Waals surface area contributed by atoms with Crippen molar-refractivity contribution >= 4 is 23.9 Å². The summed E-state index contributed by atoms with van der Waals surface area (Å²) in [6.07, 6.45) is -1.67. The number of carboxylic acid groups (broad SMARTS) is 1. The van der Waals surface area contributed by atoms with Crippen molar-refractivity contribution in [1.29, 1.82) is 0 Å². The summed E-state index contributed by atoms with van der Waals surface area (Å²) in [5, 5.41) is 39.7. The minimum Gasteiger partial charge on any atom is -0.508 e. The summed E-state index contributed by atoms with van der Waals surface area (Å²) in [4.78, 5) is 52.9. The summed E-state index contributed by atoms with van der Waals surface area (Å²) >= 11 is 0. The van der Waals surface area contributed by atoms with E-state index in [9.17, 15) is 34.5 Å². The zero-order valence-electron chi connectivity index (χ0n) is 32.4. The first kappa shape index (κ1) is 43.3. The molecular formula is C42H57N3O9. The first-order chi connectivity index (χ1) is 25.4. The van der Waals surface area contributed by atoms with Crippen LogP contribution in [0, 0.1) is 17.8 Å². The van der Waals surface area contributed by atoms with Crippen LogP contribution in [0.4, 0.5) is 4.79 Å². The van der Waals surface area contributed by atoms with Gasteiger partial charge in [-0.3, -0.25) is 9.59 Å². The van der Waals surface area contributed by atoms with E-state index in [1.165, 1.54) is 12.1 Å². The van der Waals surface area contributed by atoms with Gasteiger partial charge in [0.2, 0.25) is 11.8 Å². The van der Waals surface area contributed by atoms with Gasteiger partial charge in [-0.05, 0) is 92.8 Å². The Bertz CT molecular complexity index is 1640. The van der Waals surface area contributed by atoms with Crippen molar-refractivity contribution in [3.63, 3.8) is 0 Å². The number of aliphatic hydroxyl groups excluding tert-OH is 1. The molecule has 0 saturated heterocycles. The van der Waals surface area contributed by atoms with Gasteiger partial charge in [0.15, 0.2) is 0 Å². The number of hydrogen-bond donors (Lipinski definition) is 6. The molecule has 6 N–H and O–H groups in total. The molecule has 3 aromatic carbocycles. The number of aromatic hydroxyl groups is 1. The minimum absolute atomic E-state index is 0.00736. The van der Waals surface area contributed by atoms with Gasteiger partial charge in [-0.2, -0.15) is 0 Å². The summed E-state index contributed by atoms with van der Waals surface area (Å²) in [6, 6.07) is 19.4. The van der Waals surface area contributed by atoms with E-state index >= 15 is 0 Å². The molecule has 54 heavy (non-hydrogen) atoms. The van der Waals surface area contributed by atoms with Crippen LogP contribution in [-0.4, -0.2) is 75.6 Å². The van der Waals surface area contributed by atoms with Crippen LogP contribution in [0.5, 0.6) is 11.5 Å². The lowest BCUT2D eigenvalue weighted by Crippen LogP contribution is -2.55. The molecule has 0 spiro atoms. The molecule has 0 aromatic heterocycles. The molecule has 5 atom stereocenters. The molecule has 0 fully saturated rings. The van der Waals surface area contributed by atoms with Gasteiger partial charge in [0.25, 0.3) is 0 Å². The summed E-state index contributed by atoms with van der Waals surface area (Å²) < 4.78 is 11.2. The van der Waals surface area contributed by atoms with E-state index in [2.05, 4.69) is 16.0 Å². The molecule has 0 bridgehead atoms. The summed E-state index contributed by atoms with van der Waals surface area (Å²) in [5.41, 5.74) is 1.43. The summed E-state index contributed by atoms with van der Waals surface area (Å²) in [7, 11) is 0.